The molecule has 0 unspecified atom stereocenters. The molecule has 2 aromatic heterocycles. The average molecular weight is 414 g/mol. The highest BCUT2D eigenvalue weighted by molar-refractivity contribution is 5.85. The quantitative estimate of drug-likeness (QED) is 0.604. The lowest BCUT2D eigenvalue weighted by atomic mass is 10.1. The number of amides is 1. The van der Waals surface area contributed by atoms with Crippen molar-refractivity contribution in [2.24, 2.45) is 7.05 Å². The van der Waals surface area contributed by atoms with E-state index >= 15 is 0 Å². The Kier molecular flexibility index (Phi) is 6.29. The number of methoxy groups -OCH3 is 3. The Balaban J connectivity index is 1.68. The van der Waals surface area contributed by atoms with Crippen molar-refractivity contribution in [3.8, 4) is 23.1 Å². The Labute approximate surface area is 174 Å². The van der Waals surface area contributed by atoms with Crippen LogP contribution in [0.3, 0.4) is 0 Å². The Bertz CT molecular complexity index is 1080. The third kappa shape index (κ3) is 4.24. The zero-order valence-corrected chi connectivity index (χ0v) is 18.0. The monoisotopic (exact) mass is 414 g/mol. The molecule has 0 aliphatic carbocycles. The summed E-state index contributed by atoms with van der Waals surface area (Å²) in [7, 11) is 6.45. The fourth-order valence-corrected chi connectivity index (χ4v) is 3.26. The van der Waals surface area contributed by atoms with Crippen LogP contribution in [0.4, 0.5) is 0 Å². The van der Waals surface area contributed by atoms with Crippen LogP contribution in [0.25, 0.3) is 11.0 Å². The highest BCUT2D eigenvalue weighted by Gasteiger charge is 2.16. The van der Waals surface area contributed by atoms with Crippen molar-refractivity contribution in [1.82, 2.24) is 20.1 Å². The zero-order chi connectivity index (χ0) is 21.8. The highest BCUT2D eigenvalue weighted by atomic mass is 16.5. The van der Waals surface area contributed by atoms with Gasteiger partial charge in [0, 0.05) is 30.9 Å². The largest absolute Gasteiger partial charge is 0.496 e. The lowest BCUT2D eigenvalue weighted by molar-refractivity contribution is -0.123. The molecule has 1 amide bonds. The average Bonchev–Trinajstić information content (AvgIpc) is 3.05. The van der Waals surface area contributed by atoms with Gasteiger partial charge in [0.1, 0.15) is 5.75 Å². The van der Waals surface area contributed by atoms with Crippen molar-refractivity contribution < 1.29 is 23.7 Å². The van der Waals surface area contributed by atoms with Crippen molar-refractivity contribution in [1.29, 1.82) is 0 Å². The molecule has 9 heteroatoms. The van der Waals surface area contributed by atoms with E-state index in [9.17, 15) is 4.79 Å². The number of aromatic nitrogens is 3. The van der Waals surface area contributed by atoms with Gasteiger partial charge in [0.15, 0.2) is 23.8 Å². The first-order valence-corrected chi connectivity index (χ1v) is 9.37. The van der Waals surface area contributed by atoms with Gasteiger partial charge in [0.2, 0.25) is 5.88 Å². The number of carbonyl (C=O) groups excluding carboxylic acids is 1. The van der Waals surface area contributed by atoms with E-state index < -0.39 is 0 Å². The lowest BCUT2D eigenvalue weighted by Gasteiger charge is -2.14. The summed E-state index contributed by atoms with van der Waals surface area (Å²) in [4.78, 5) is 16.9. The summed E-state index contributed by atoms with van der Waals surface area (Å²) in [6.07, 6.45) is 0. The Hall–Kier alpha value is -3.49. The van der Waals surface area contributed by atoms with Gasteiger partial charge in [-0.3, -0.25) is 4.79 Å². The van der Waals surface area contributed by atoms with Crippen molar-refractivity contribution in [2.75, 3.05) is 27.9 Å². The van der Waals surface area contributed by atoms with Crippen LogP contribution < -0.4 is 24.3 Å². The minimum atomic E-state index is -0.289. The zero-order valence-electron chi connectivity index (χ0n) is 18.0. The molecule has 0 fully saturated rings. The second-order valence-electron chi connectivity index (χ2n) is 6.79. The van der Waals surface area contributed by atoms with Gasteiger partial charge < -0.3 is 24.3 Å². The van der Waals surface area contributed by atoms with Gasteiger partial charge in [-0.15, -0.1) is 5.10 Å². The molecular weight excluding hydrogens is 388 g/mol. The third-order valence-corrected chi connectivity index (χ3v) is 4.69. The molecule has 9 nitrogen and oxygen atoms in total. The number of fused-ring (bicyclic) bond motifs is 1. The predicted molar refractivity (Wildman–Crippen MR) is 111 cm³/mol. The number of pyridine rings is 1. The van der Waals surface area contributed by atoms with Crippen molar-refractivity contribution in [2.45, 2.75) is 20.4 Å². The van der Waals surface area contributed by atoms with Gasteiger partial charge >= 0.3 is 0 Å². The first kappa shape index (κ1) is 21.2. The smallest absolute Gasteiger partial charge is 0.258 e. The van der Waals surface area contributed by atoms with Gasteiger partial charge in [0.25, 0.3) is 5.91 Å². The molecule has 3 aromatic rings. The third-order valence-electron chi connectivity index (χ3n) is 4.69. The second kappa shape index (κ2) is 8.89. The molecule has 1 N–H and O–H groups in total. The molecule has 1 aromatic carbocycles. The van der Waals surface area contributed by atoms with E-state index in [1.54, 1.807) is 45.2 Å². The fraction of sp³-hybridized carbons (Fsp3) is 0.381. The van der Waals surface area contributed by atoms with Crippen LogP contribution in [0.15, 0.2) is 18.2 Å². The van der Waals surface area contributed by atoms with Crippen LogP contribution in [0.2, 0.25) is 0 Å². The molecule has 0 spiro atoms. The summed E-state index contributed by atoms with van der Waals surface area (Å²) in [5, 5.41) is 7.98. The minimum Gasteiger partial charge on any atom is -0.496 e. The number of carbonyl (C=O) groups is 1. The molecule has 160 valence electrons. The molecule has 0 bridgehead atoms. The summed E-state index contributed by atoms with van der Waals surface area (Å²) >= 11 is 0. The standard InChI is InChI=1S/C21H26N4O5/c1-12-7-13(2)23-20-19(12)21(24-25(20)3)30-11-18(26)22-10-14-8-16(28-5)17(29-6)9-15(14)27-4/h7-9H,10-11H2,1-6H3,(H,22,26). The van der Waals surface area contributed by atoms with Crippen LogP contribution >= 0.6 is 0 Å². The van der Waals surface area contributed by atoms with E-state index in [-0.39, 0.29) is 19.1 Å². The topological polar surface area (TPSA) is 96.7 Å². The molecule has 0 saturated carbocycles. The SMILES string of the molecule is COc1cc(OC)c(OC)cc1CNC(=O)COc1nn(C)c2nc(C)cc(C)c12. The maximum atomic E-state index is 12.4. The van der Waals surface area contributed by atoms with Crippen LogP contribution in [-0.2, 0) is 18.4 Å². The van der Waals surface area contributed by atoms with Crippen LogP contribution in [-0.4, -0.2) is 48.6 Å². The van der Waals surface area contributed by atoms with Crippen LogP contribution in [0.5, 0.6) is 23.1 Å². The van der Waals surface area contributed by atoms with Gasteiger partial charge in [-0.1, -0.05) is 0 Å². The van der Waals surface area contributed by atoms with E-state index in [4.69, 9.17) is 18.9 Å². The number of nitrogens with zero attached hydrogens (tertiary/aromatic N) is 3. The molecular formula is C21H26N4O5. The van der Waals surface area contributed by atoms with Crippen LogP contribution in [0.1, 0.15) is 16.8 Å². The fourth-order valence-electron chi connectivity index (χ4n) is 3.26. The normalized spacial score (nSPS) is 10.7. The molecule has 3 rings (SSSR count). The summed E-state index contributed by atoms with van der Waals surface area (Å²) in [6, 6.07) is 5.44. The lowest BCUT2D eigenvalue weighted by Crippen LogP contribution is -2.28. The number of rotatable bonds is 8. The van der Waals surface area contributed by atoms with E-state index in [0.29, 0.717) is 23.1 Å². The van der Waals surface area contributed by atoms with E-state index in [1.165, 1.54) is 0 Å². The highest BCUT2D eigenvalue weighted by Crippen LogP contribution is 2.34. The number of hydrogen-bond donors (Lipinski definition) is 1. The van der Waals surface area contributed by atoms with Crippen molar-refractivity contribution in [3.05, 3.63) is 35.0 Å². The Morgan fingerprint density at radius 2 is 1.70 bits per heavy atom. The number of aryl methyl sites for hydroxylation is 3. The van der Waals surface area contributed by atoms with Gasteiger partial charge in [-0.2, -0.15) is 0 Å². The summed E-state index contributed by atoms with van der Waals surface area (Å²) in [5.41, 5.74) is 3.37. The van der Waals surface area contributed by atoms with Gasteiger partial charge in [0.05, 0.1) is 26.7 Å². The molecule has 0 aliphatic heterocycles. The first-order valence-electron chi connectivity index (χ1n) is 9.37. The van der Waals surface area contributed by atoms with Gasteiger partial charge in [-0.25, -0.2) is 9.67 Å². The summed E-state index contributed by atoms with van der Waals surface area (Å²) in [5.74, 6) is 1.78. The Morgan fingerprint density at radius 3 is 2.37 bits per heavy atom. The summed E-state index contributed by atoms with van der Waals surface area (Å²) < 4.78 is 23.3. The molecule has 0 aliphatic rings. The van der Waals surface area contributed by atoms with Gasteiger partial charge in [-0.05, 0) is 31.5 Å². The second-order valence-corrected chi connectivity index (χ2v) is 6.79. The minimum absolute atomic E-state index is 0.172. The number of hydrogen-bond acceptors (Lipinski definition) is 7. The van der Waals surface area contributed by atoms with E-state index in [2.05, 4.69) is 15.4 Å². The molecule has 0 radical (unpaired) electrons. The maximum absolute atomic E-state index is 12.4. The Morgan fingerprint density at radius 1 is 1.03 bits per heavy atom. The van der Waals surface area contributed by atoms with Crippen LogP contribution in [0, 0.1) is 13.8 Å². The number of benzene rings is 1. The van der Waals surface area contributed by atoms with E-state index in [0.717, 1.165) is 27.9 Å². The molecule has 2 heterocycles. The van der Waals surface area contributed by atoms with E-state index in [1.807, 2.05) is 19.9 Å². The maximum Gasteiger partial charge on any atom is 0.258 e. The predicted octanol–water partition coefficient (Wildman–Crippen LogP) is 2.31. The molecule has 0 saturated heterocycles. The first-order chi connectivity index (χ1) is 14.4. The number of ether oxygens (including phenoxy) is 4. The van der Waals surface area contributed by atoms with Crippen molar-refractivity contribution in [3.63, 3.8) is 0 Å². The number of nitrogens with one attached hydrogen (secondary N) is 1. The summed E-state index contributed by atoms with van der Waals surface area (Å²) in [6.45, 7) is 3.97. The van der Waals surface area contributed by atoms with Crippen molar-refractivity contribution >= 4 is 16.9 Å². The molecule has 30 heavy (non-hydrogen) atoms. The molecule has 0 atom stereocenters.